The Hall–Kier alpha value is -2.14. The normalized spacial score (nSPS) is 15.2. The number of benzene rings is 1. The standard InChI is InChI=1S/C17H21N3O2/c1-2-13-3-4-15-14(11-13)5-8-20(17(15)22)12-16(21)19-9-6-18-7-10-19/h3-5,8,11,18H,2,6-7,9-10,12H2,1H3. The van der Waals surface area contributed by atoms with Crippen LogP contribution in [0.15, 0.2) is 35.3 Å². The van der Waals surface area contributed by atoms with Gasteiger partial charge in [-0.3, -0.25) is 9.59 Å². The summed E-state index contributed by atoms with van der Waals surface area (Å²) in [5.41, 5.74) is 1.12. The first-order valence-electron chi connectivity index (χ1n) is 7.79. The van der Waals surface area contributed by atoms with Crippen LogP contribution >= 0.6 is 0 Å². The van der Waals surface area contributed by atoms with Crippen molar-refractivity contribution in [1.82, 2.24) is 14.8 Å². The van der Waals surface area contributed by atoms with Crippen LogP contribution in [0.25, 0.3) is 10.8 Å². The Balaban J connectivity index is 1.86. The number of carbonyl (C=O) groups excluding carboxylic acids is 1. The molecular weight excluding hydrogens is 278 g/mol. The van der Waals surface area contributed by atoms with Gasteiger partial charge in [0, 0.05) is 37.8 Å². The maximum absolute atomic E-state index is 12.5. The first-order chi connectivity index (χ1) is 10.7. The lowest BCUT2D eigenvalue weighted by Crippen LogP contribution is -2.48. The second-order valence-corrected chi connectivity index (χ2v) is 5.65. The minimum atomic E-state index is -0.0939. The summed E-state index contributed by atoms with van der Waals surface area (Å²) in [5, 5.41) is 4.83. The van der Waals surface area contributed by atoms with Gasteiger partial charge >= 0.3 is 0 Å². The van der Waals surface area contributed by atoms with E-state index >= 15 is 0 Å². The monoisotopic (exact) mass is 299 g/mol. The SMILES string of the molecule is CCc1ccc2c(=O)n(CC(=O)N3CCNCC3)ccc2c1. The molecule has 0 atom stereocenters. The fraction of sp³-hybridized carbons (Fsp3) is 0.412. The van der Waals surface area contributed by atoms with Crippen LogP contribution in [0.4, 0.5) is 0 Å². The van der Waals surface area contributed by atoms with Crippen LogP contribution in [0.1, 0.15) is 12.5 Å². The topological polar surface area (TPSA) is 54.3 Å². The fourth-order valence-corrected chi connectivity index (χ4v) is 2.84. The van der Waals surface area contributed by atoms with Gasteiger partial charge in [0.25, 0.3) is 5.56 Å². The number of hydrogen-bond acceptors (Lipinski definition) is 3. The van der Waals surface area contributed by atoms with Crippen molar-refractivity contribution in [1.29, 1.82) is 0 Å². The molecule has 0 bridgehead atoms. The zero-order valence-electron chi connectivity index (χ0n) is 12.8. The molecule has 0 radical (unpaired) electrons. The van der Waals surface area contributed by atoms with Gasteiger partial charge in [-0.05, 0) is 29.5 Å². The highest BCUT2D eigenvalue weighted by Crippen LogP contribution is 2.13. The van der Waals surface area contributed by atoms with Crippen LogP contribution in [-0.4, -0.2) is 41.6 Å². The van der Waals surface area contributed by atoms with Crippen molar-refractivity contribution in [3.8, 4) is 0 Å². The molecule has 1 aromatic carbocycles. The Morgan fingerprint density at radius 2 is 2.00 bits per heavy atom. The predicted octanol–water partition coefficient (Wildman–Crippen LogP) is 0.996. The lowest BCUT2D eigenvalue weighted by Gasteiger charge is -2.27. The summed E-state index contributed by atoms with van der Waals surface area (Å²) in [5.74, 6) is 0.00753. The zero-order valence-corrected chi connectivity index (χ0v) is 12.8. The van der Waals surface area contributed by atoms with Crippen LogP contribution < -0.4 is 10.9 Å². The van der Waals surface area contributed by atoms with Crippen LogP contribution in [0.5, 0.6) is 0 Å². The van der Waals surface area contributed by atoms with E-state index in [-0.39, 0.29) is 18.0 Å². The van der Waals surface area contributed by atoms with E-state index in [1.165, 1.54) is 10.1 Å². The minimum Gasteiger partial charge on any atom is -0.339 e. The Morgan fingerprint density at radius 3 is 2.73 bits per heavy atom. The molecule has 1 amide bonds. The second-order valence-electron chi connectivity index (χ2n) is 5.65. The van der Waals surface area contributed by atoms with Crippen molar-refractivity contribution in [2.24, 2.45) is 0 Å². The number of aryl methyl sites for hydroxylation is 1. The lowest BCUT2D eigenvalue weighted by molar-refractivity contribution is -0.132. The molecule has 116 valence electrons. The van der Waals surface area contributed by atoms with Gasteiger partial charge in [0.1, 0.15) is 6.54 Å². The Kier molecular flexibility index (Phi) is 4.24. The predicted molar refractivity (Wildman–Crippen MR) is 87.0 cm³/mol. The summed E-state index contributed by atoms with van der Waals surface area (Å²) in [6.07, 6.45) is 2.67. The largest absolute Gasteiger partial charge is 0.339 e. The first-order valence-corrected chi connectivity index (χ1v) is 7.79. The summed E-state index contributed by atoms with van der Waals surface area (Å²) in [6, 6.07) is 7.80. The van der Waals surface area contributed by atoms with Crippen LogP contribution in [0, 0.1) is 0 Å². The van der Waals surface area contributed by atoms with E-state index < -0.39 is 0 Å². The van der Waals surface area contributed by atoms with Crippen molar-refractivity contribution in [2.75, 3.05) is 26.2 Å². The van der Waals surface area contributed by atoms with Crippen LogP contribution in [-0.2, 0) is 17.8 Å². The second kappa shape index (κ2) is 6.32. The molecule has 0 unspecified atom stereocenters. The zero-order chi connectivity index (χ0) is 15.5. The summed E-state index contributed by atoms with van der Waals surface area (Å²) >= 11 is 0. The number of carbonyl (C=O) groups is 1. The molecule has 2 aromatic rings. The van der Waals surface area contributed by atoms with Gasteiger partial charge in [0.2, 0.25) is 5.91 Å². The van der Waals surface area contributed by atoms with Crippen molar-refractivity contribution in [3.63, 3.8) is 0 Å². The molecule has 5 heteroatoms. The Labute approximate surface area is 129 Å². The van der Waals surface area contributed by atoms with Crippen molar-refractivity contribution < 1.29 is 4.79 Å². The molecule has 1 N–H and O–H groups in total. The first kappa shape index (κ1) is 14.8. The average Bonchev–Trinajstić information content (AvgIpc) is 2.57. The van der Waals surface area contributed by atoms with Gasteiger partial charge in [0.15, 0.2) is 0 Å². The third-order valence-electron chi connectivity index (χ3n) is 4.22. The van der Waals surface area contributed by atoms with Crippen molar-refractivity contribution >= 4 is 16.7 Å². The van der Waals surface area contributed by atoms with Gasteiger partial charge in [-0.15, -0.1) is 0 Å². The van der Waals surface area contributed by atoms with E-state index in [0.717, 1.165) is 24.9 Å². The van der Waals surface area contributed by atoms with Gasteiger partial charge in [-0.25, -0.2) is 0 Å². The number of rotatable bonds is 3. The smallest absolute Gasteiger partial charge is 0.258 e. The molecule has 22 heavy (non-hydrogen) atoms. The van der Waals surface area contributed by atoms with E-state index in [9.17, 15) is 9.59 Å². The number of nitrogens with one attached hydrogen (secondary N) is 1. The molecular formula is C17H21N3O2. The highest BCUT2D eigenvalue weighted by atomic mass is 16.2. The van der Waals surface area contributed by atoms with E-state index in [2.05, 4.69) is 12.2 Å². The number of pyridine rings is 1. The van der Waals surface area contributed by atoms with Crippen LogP contribution in [0.3, 0.4) is 0 Å². The number of piperazine rings is 1. The molecule has 1 aliphatic heterocycles. The summed E-state index contributed by atoms with van der Waals surface area (Å²) in [7, 11) is 0. The molecule has 0 spiro atoms. The number of aromatic nitrogens is 1. The van der Waals surface area contributed by atoms with Gasteiger partial charge in [-0.1, -0.05) is 19.1 Å². The number of amides is 1. The quantitative estimate of drug-likeness (QED) is 0.920. The molecule has 3 rings (SSSR count). The summed E-state index contributed by atoms with van der Waals surface area (Å²) in [6.45, 7) is 5.26. The number of hydrogen-bond donors (Lipinski definition) is 1. The Morgan fingerprint density at radius 1 is 1.23 bits per heavy atom. The third-order valence-corrected chi connectivity index (χ3v) is 4.22. The van der Waals surface area contributed by atoms with Crippen molar-refractivity contribution in [3.05, 3.63) is 46.4 Å². The van der Waals surface area contributed by atoms with E-state index in [0.29, 0.717) is 18.5 Å². The summed E-state index contributed by atoms with van der Waals surface area (Å²) in [4.78, 5) is 26.6. The molecule has 1 saturated heterocycles. The summed E-state index contributed by atoms with van der Waals surface area (Å²) < 4.78 is 1.51. The minimum absolute atomic E-state index is 0.00753. The van der Waals surface area contributed by atoms with E-state index in [1.54, 1.807) is 6.20 Å². The third kappa shape index (κ3) is 2.90. The molecule has 1 aliphatic rings. The highest BCUT2D eigenvalue weighted by Gasteiger charge is 2.17. The van der Waals surface area contributed by atoms with Gasteiger partial charge in [-0.2, -0.15) is 0 Å². The Bertz CT molecular complexity index is 745. The van der Waals surface area contributed by atoms with E-state index in [4.69, 9.17) is 0 Å². The van der Waals surface area contributed by atoms with Gasteiger partial charge < -0.3 is 14.8 Å². The fourth-order valence-electron chi connectivity index (χ4n) is 2.84. The average molecular weight is 299 g/mol. The molecule has 0 saturated carbocycles. The van der Waals surface area contributed by atoms with Crippen molar-refractivity contribution in [2.45, 2.75) is 19.9 Å². The number of fused-ring (bicyclic) bond motifs is 1. The molecule has 5 nitrogen and oxygen atoms in total. The number of nitrogens with zero attached hydrogens (tertiary/aromatic N) is 2. The van der Waals surface area contributed by atoms with Crippen LogP contribution in [0.2, 0.25) is 0 Å². The highest BCUT2D eigenvalue weighted by molar-refractivity contribution is 5.83. The van der Waals surface area contributed by atoms with Gasteiger partial charge in [0.05, 0.1) is 0 Å². The molecule has 0 aliphatic carbocycles. The maximum Gasteiger partial charge on any atom is 0.258 e. The van der Waals surface area contributed by atoms with E-state index in [1.807, 2.05) is 29.2 Å². The molecule has 2 heterocycles. The molecule has 1 fully saturated rings. The molecule has 1 aromatic heterocycles. The maximum atomic E-state index is 12.5. The lowest BCUT2D eigenvalue weighted by atomic mass is 10.1.